The fourth-order valence-corrected chi connectivity index (χ4v) is 1.26. The summed E-state index contributed by atoms with van der Waals surface area (Å²) in [6, 6.07) is 8.39. The van der Waals surface area contributed by atoms with E-state index in [1.807, 2.05) is 18.9 Å². The van der Waals surface area contributed by atoms with Crippen molar-refractivity contribution in [2.75, 3.05) is 11.9 Å². The van der Waals surface area contributed by atoms with Crippen LogP contribution in [0.25, 0.3) is 0 Å². The van der Waals surface area contributed by atoms with Crippen LogP contribution in [0, 0.1) is 25.2 Å². The summed E-state index contributed by atoms with van der Waals surface area (Å²) >= 11 is 0. The van der Waals surface area contributed by atoms with Crippen LogP contribution in [0.3, 0.4) is 0 Å². The van der Waals surface area contributed by atoms with Gasteiger partial charge in [-0.05, 0) is 44.0 Å². The molecule has 0 saturated heterocycles. The lowest BCUT2D eigenvalue weighted by atomic mass is 10.1. The van der Waals surface area contributed by atoms with Gasteiger partial charge in [0.05, 0.1) is 6.07 Å². The van der Waals surface area contributed by atoms with Crippen LogP contribution < -0.4 is 4.90 Å². The van der Waals surface area contributed by atoms with E-state index in [1.54, 1.807) is 0 Å². The number of nitriles is 1. The minimum atomic E-state index is -0.0860. The quantitative estimate of drug-likeness (QED) is 0.713. The van der Waals surface area contributed by atoms with Gasteiger partial charge < -0.3 is 4.90 Å². The maximum atomic E-state index is 8.80. The van der Waals surface area contributed by atoms with Crippen LogP contribution >= 0.6 is 0 Å². The van der Waals surface area contributed by atoms with Gasteiger partial charge in [0, 0.05) is 12.7 Å². The first kappa shape index (κ1) is 10.6. The van der Waals surface area contributed by atoms with Crippen molar-refractivity contribution in [3.63, 3.8) is 0 Å². The standard InChI is InChI=1S/C12H16N2/c1-9-5-6-12(7-10(9)2)14(4)11(3)8-13/h5-7,11H,1-4H3. The van der Waals surface area contributed by atoms with E-state index in [0.29, 0.717) is 0 Å². The minimum absolute atomic E-state index is 0.0860. The second kappa shape index (κ2) is 4.15. The molecule has 0 spiro atoms. The molecule has 0 bridgehead atoms. The second-order valence-corrected chi connectivity index (χ2v) is 3.68. The first-order chi connectivity index (χ1) is 6.56. The van der Waals surface area contributed by atoms with E-state index in [1.165, 1.54) is 11.1 Å². The predicted molar refractivity (Wildman–Crippen MR) is 59.4 cm³/mol. The number of aryl methyl sites for hydroxylation is 2. The zero-order valence-corrected chi connectivity index (χ0v) is 9.20. The zero-order valence-electron chi connectivity index (χ0n) is 9.20. The van der Waals surface area contributed by atoms with Crippen molar-refractivity contribution in [3.8, 4) is 6.07 Å². The molecule has 0 saturated carbocycles. The molecule has 1 unspecified atom stereocenters. The summed E-state index contributed by atoms with van der Waals surface area (Å²) in [7, 11) is 1.94. The van der Waals surface area contributed by atoms with Crippen LogP contribution in [0.4, 0.5) is 5.69 Å². The van der Waals surface area contributed by atoms with Gasteiger partial charge in [0.15, 0.2) is 0 Å². The topological polar surface area (TPSA) is 27.0 Å². The number of rotatable bonds is 2. The molecule has 14 heavy (non-hydrogen) atoms. The van der Waals surface area contributed by atoms with Crippen LogP contribution in [-0.4, -0.2) is 13.1 Å². The highest BCUT2D eigenvalue weighted by atomic mass is 15.1. The average molecular weight is 188 g/mol. The van der Waals surface area contributed by atoms with Gasteiger partial charge in [0.25, 0.3) is 0 Å². The highest BCUT2D eigenvalue weighted by Gasteiger charge is 2.08. The largest absolute Gasteiger partial charge is 0.359 e. The van der Waals surface area contributed by atoms with Gasteiger partial charge in [-0.15, -0.1) is 0 Å². The fourth-order valence-electron chi connectivity index (χ4n) is 1.26. The molecule has 1 rings (SSSR count). The van der Waals surface area contributed by atoms with Gasteiger partial charge >= 0.3 is 0 Å². The highest BCUT2D eigenvalue weighted by Crippen LogP contribution is 2.18. The Hall–Kier alpha value is -1.49. The van der Waals surface area contributed by atoms with E-state index in [-0.39, 0.29) is 6.04 Å². The Bertz CT molecular complexity index is 363. The Morgan fingerprint density at radius 1 is 1.29 bits per heavy atom. The third kappa shape index (κ3) is 2.05. The molecule has 74 valence electrons. The Morgan fingerprint density at radius 3 is 2.43 bits per heavy atom. The van der Waals surface area contributed by atoms with Crippen LogP contribution in [-0.2, 0) is 0 Å². The maximum Gasteiger partial charge on any atom is 0.113 e. The third-order valence-electron chi connectivity index (χ3n) is 2.67. The summed E-state index contributed by atoms with van der Waals surface area (Å²) in [5.41, 5.74) is 3.65. The van der Waals surface area contributed by atoms with Gasteiger partial charge in [-0.25, -0.2) is 0 Å². The SMILES string of the molecule is Cc1ccc(N(C)C(C)C#N)cc1C. The Kier molecular flexibility index (Phi) is 3.14. The lowest BCUT2D eigenvalue weighted by Gasteiger charge is -2.22. The van der Waals surface area contributed by atoms with E-state index in [0.717, 1.165) is 5.69 Å². The normalized spacial score (nSPS) is 11.9. The average Bonchev–Trinajstić information content (AvgIpc) is 2.20. The molecule has 0 aliphatic rings. The number of hydrogen-bond donors (Lipinski definition) is 0. The highest BCUT2D eigenvalue weighted by molar-refractivity contribution is 5.51. The summed E-state index contributed by atoms with van der Waals surface area (Å²) < 4.78 is 0. The van der Waals surface area contributed by atoms with Gasteiger partial charge in [-0.1, -0.05) is 6.07 Å². The Morgan fingerprint density at radius 2 is 1.93 bits per heavy atom. The third-order valence-corrected chi connectivity index (χ3v) is 2.67. The fraction of sp³-hybridized carbons (Fsp3) is 0.417. The molecular weight excluding hydrogens is 172 g/mol. The van der Waals surface area contributed by atoms with Crippen molar-refractivity contribution < 1.29 is 0 Å². The maximum absolute atomic E-state index is 8.80. The predicted octanol–water partition coefficient (Wildman–Crippen LogP) is 2.65. The van der Waals surface area contributed by atoms with Crippen molar-refractivity contribution in [2.24, 2.45) is 0 Å². The van der Waals surface area contributed by atoms with Crippen molar-refractivity contribution in [2.45, 2.75) is 26.8 Å². The lowest BCUT2D eigenvalue weighted by molar-refractivity contribution is 0.834. The van der Waals surface area contributed by atoms with Gasteiger partial charge in [0.2, 0.25) is 0 Å². The second-order valence-electron chi connectivity index (χ2n) is 3.68. The Balaban J connectivity index is 2.98. The number of nitrogens with zero attached hydrogens (tertiary/aromatic N) is 2. The van der Waals surface area contributed by atoms with Gasteiger partial charge in [-0.3, -0.25) is 0 Å². The molecular formula is C12H16N2. The molecule has 0 aromatic heterocycles. The molecule has 0 amide bonds. The first-order valence-electron chi connectivity index (χ1n) is 4.76. The van der Waals surface area contributed by atoms with Crippen LogP contribution in [0.15, 0.2) is 18.2 Å². The van der Waals surface area contributed by atoms with Gasteiger partial charge in [0.1, 0.15) is 6.04 Å². The first-order valence-corrected chi connectivity index (χ1v) is 4.76. The van der Waals surface area contributed by atoms with E-state index in [4.69, 9.17) is 5.26 Å². The molecule has 1 aromatic rings. The summed E-state index contributed by atoms with van der Waals surface area (Å²) in [4.78, 5) is 1.98. The van der Waals surface area contributed by atoms with Crippen molar-refractivity contribution in [1.82, 2.24) is 0 Å². The van der Waals surface area contributed by atoms with Crippen LogP contribution in [0.1, 0.15) is 18.1 Å². The summed E-state index contributed by atoms with van der Waals surface area (Å²) in [6.07, 6.45) is 0. The molecule has 0 heterocycles. The van der Waals surface area contributed by atoms with Crippen molar-refractivity contribution >= 4 is 5.69 Å². The lowest BCUT2D eigenvalue weighted by Crippen LogP contribution is -2.27. The van der Waals surface area contributed by atoms with E-state index in [9.17, 15) is 0 Å². The van der Waals surface area contributed by atoms with E-state index < -0.39 is 0 Å². The molecule has 0 radical (unpaired) electrons. The molecule has 0 N–H and O–H groups in total. The summed E-state index contributed by atoms with van der Waals surface area (Å²) in [5.74, 6) is 0. The molecule has 2 heteroatoms. The van der Waals surface area contributed by atoms with Gasteiger partial charge in [-0.2, -0.15) is 5.26 Å². The van der Waals surface area contributed by atoms with E-state index in [2.05, 4.69) is 38.1 Å². The smallest absolute Gasteiger partial charge is 0.113 e. The molecule has 0 fully saturated rings. The van der Waals surface area contributed by atoms with Crippen molar-refractivity contribution in [3.05, 3.63) is 29.3 Å². The van der Waals surface area contributed by atoms with Crippen LogP contribution in [0.2, 0.25) is 0 Å². The number of benzene rings is 1. The van der Waals surface area contributed by atoms with Crippen LogP contribution in [0.5, 0.6) is 0 Å². The van der Waals surface area contributed by atoms with E-state index >= 15 is 0 Å². The monoisotopic (exact) mass is 188 g/mol. The molecule has 1 aromatic carbocycles. The minimum Gasteiger partial charge on any atom is -0.359 e. The summed E-state index contributed by atoms with van der Waals surface area (Å²) in [6.45, 7) is 6.08. The molecule has 0 aliphatic heterocycles. The number of hydrogen-bond acceptors (Lipinski definition) is 2. The zero-order chi connectivity index (χ0) is 10.7. The number of anilines is 1. The summed E-state index contributed by atoms with van der Waals surface area (Å²) in [5, 5.41) is 8.80. The molecule has 0 aliphatic carbocycles. The van der Waals surface area contributed by atoms with Crippen molar-refractivity contribution in [1.29, 1.82) is 5.26 Å². The molecule has 1 atom stereocenters. The molecule has 2 nitrogen and oxygen atoms in total. The Labute approximate surface area is 85.8 Å².